The van der Waals surface area contributed by atoms with Gasteiger partial charge >= 0.3 is 11.9 Å². The number of rotatable bonds is 6. The van der Waals surface area contributed by atoms with Gasteiger partial charge in [0.05, 0.1) is 21.2 Å². The number of benzene rings is 1. The van der Waals surface area contributed by atoms with Crippen LogP contribution in [0, 0.1) is 0 Å². The number of likely N-dealkylation sites (tertiary alicyclic amines) is 1. The Kier molecular flexibility index (Phi) is 6.48. The summed E-state index contributed by atoms with van der Waals surface area (Å²) in [6, 6.07) is 6.42. The molecule has 1 fully saturated rings. The fourth-order valence-electron chi connectivity index (χ4n) is 3.59. The number of likely N-dealkylation sites (N-methyl/N-ethyl adjacent to an activating group) is 1. The van der Waals surface area contributed by atoms with Crippen molar-refractivity contribution in [3.63, 3.8) is 0 Å². The highest BCUT2D eigenvalue weighted by atomic mass is 16.5. The van der Waals surface area contributed by atoms with Crippen LogP contribution in [-0.4, -0.2) is 91.4 Å². The van der Waals surface area contributed by atoms with Gasteiger partial charge in [-0.25, -0.2) is 9.37 Å². The number of ether oxygens (including phenoxy) is 2. The standard InChI is InChI=1S/C20H26N4O5/c1-22-12-15(19(26)23(2)20(22)27)24-10-8-14(9-11-24)21-18(25)13-29-17-7-5-4-6-16(17)28-3/h4-7,12,14-15H,8-11,13H2,1-3H3/p+1. The van der Waals surface area contributed by atoms with Crippen molar-refractivity contribution < 1.29 is 28.4 Å². The predicted octanol–water partition coefficient (Wildman–Crippen LogP) is 0.328. The summed E-state index contributed by atoms with van der Waals surface area (Å²) < 4.78 is 12.2. The third-order valence-electron chi connectivity index (χ3n) is 5.25. The number of imide groups is 1. The Bertz CT molecular complexity index is 817. The van der Waals surface area contributed by atoms with Crippen molar-refractivity contribution in [1.82, 2.24) is 15.1 Å². The normalized spacial score (nSPS) is 21.0. The van der Waals surface area contributed by atoms with E-state index in [0.717, 1.165) is 17.7 Å². The van der Waals surface area contributed by atoms with Gasteiger partial charge < -0.3 is 14.8 Å². The van der Waals surface area contributed by atoms with Gasteiger partial charge in [-0.2, -0.15) is 9.69 Å². The molecule has 1 saturated heterocycles. The van der Waals surface area contributed by atoms with E-state index in [1.165, 1.54) is 11.6 Å². The van der Waals surface area contributed by atoms with Gasteiger partial charge in [-0.3, -0.25) is 9.69 Å². The minimum absolute atomic E-state index is 0.0239. The fraction of sp³-hybridized carbons (Fsp3) is 0.500. The number of hydrogen-bond donors (Lipinski definition) is 1. The highest BCUT2D eigenvalue weighted by Gasteiger charge is 2.42. The second-order valence-electron chi connectivity index (χ2n) is 7.20. The van der Waals surface area contributed by atoms with Gasteiger partial charge in [0.15, 0.2) is 24.1 Å². The van der Waals surface area contributed by atoms with E-state index in [-0.39, 0.29) is 30.5 Å². The Balaban J connectivity index is 1.48. The van der Waals surface area contributed by atoms with Gasteiger partial charge in [0, 0.05) is 19.1 Å². The second kappa shape index (κ2) is 9.04. The number of hydrogen-bond acceptors (Lipinski definition) is 6. The lowest BCUT2D eigenvalue weighted by atomic mass is 10.0. The molecule has 9 heteroatoms. The van der Waals surface area contributed by atoms with Crippen LogP contribution in [-0.2, 0) is 9.59 Å². The predicted molar refractivity (Wildman–Crippen MR) is 105 cm³/mol. The van der Waals surface area contributed by atoms with Gasteiger partial charge in [-0.1, -0.05) is 12.1 Å². The van der Waals surface area contributed by atoms with Gasteiger partial charge in [-0.05, 0) is 25.0 Å². The summed E-state index contributed by atoms with van der Waals surface area (Å²) in [5, 5.41) is 2.98. The highest BCUT2D eigenvalue weighted by Crippen LogP contribution is 2.25. The first-order valence-corrected chi connectivity index (χ1v) is 9.59. The Morgan fingerprint density at radius 2 is 1.86 bits per heavy atom. The first-order chi connectivity index (χ1) is 13.9. The molecular weight excluding hydrogens is 376 g/mol. The van der Waals surface area contributed by atoms with Gasteiger partial charge in [0.25, 0.3) is 5.91 Å². The zero-order valence-corrected chi connectivity index (χ0v) is 17.0. The number of amides is 4. The minimum atomic E-state index is -0.451. The molecule has 0 aromatic heterocycles. The van der Waals surface area contributed by atoms with Crippen molar-refractivity contribution in [2.24, 2.45) is 0 Å². The molecule has 2 aliphatic heterocycles. The maximum absolute atomic E-state index is 12.4. The molecule has 2 aliphatic rings. The molecule has 1 N–H and O–H groups in total. The van der Waals surface area contributed by atoms with E-state index in [1.807, 2.05) is 17.0 Å². The lowest BCUT2D eigenvalue weighted by Crippen LogP contribution is -2.59. The first kappa shape index (κ1) is 20.8. The van der Waals surface area contributed by atoms with Gasteiger partial charge in [0.1, 0.15) is 6.21 Å². The van der Waals surface area contributed by atoms with E-state index in [0.29, 0.717) is 24.6 Å². The van der Waals surface area contributed by atoms with Crippen molar-refractivity contribution in [1.29, 1.82) is 0 Å². The van der Waals surface area contributed by atoms with Crippen LogP contribution in [0.5, 0.6) is 11.5 Å². The Morgan fingerprint density at radius 1 is 1.21 bits per heavy atom. The van der Waals surface area contributed by atoms with Crippen LogP contribution < -0.4 is 14.8 Å². The van der Waals surface area contributed by atoms with Crippen LogP contribution >= 0.6 is 0 Å². The molecule has 0 spiro atoms. The molecule has 1 aromatic carbocycles. The molecule has 3 rings (SSSR count). The Hall–Kier alpha value is -2.94. The summed E-state index contributed by atoms with van der Waals surface area (Å²) in [5.74, 6) is 0.685. The molecule has 156 valence electrons. The van der Waals surface area contributed by atoms with Crippen LogP contribution in [0.4, 0.5) is 4.79 Å². The zero-order chi connectivity index (χ0) is 21.0. The van der Waals surface area contributed by atoms with Gasteiger partial charge in [-0.15, -0.1) is 0 Å². The molecule has 1 atom stereocenters. The third-order valence-corrected chi connectivity index (χ3v) is 5.25. The summed E-state index contributed by atoms with van der Waals surface area (Å²) >= 11 is 0. The monoisotopic (exact) mass is 403 g/mol. The fourth-order valence-corrected chi connectivity index (χ4v) is 3.59. The van der Waals surface area contributed by atoms with Crippen molar-refractivity contribution in [2.45, 2.75) is 24.9 Å². The van der Waals surface area contributed by atoms with E-state index in [4.69, 9.17) is 9.47 Å². The topological polar surface area (TPSA) is 91.2 Å². The molecule has 29 heavy (non-hydrogen) atoms. The summed E-state index contributed by atoms with van der Waals surface area (Å²) in [6.07, 6.45) is 3.10. The highest BCUT2D eigenvalue weighted by molar-refractivity contribution is 6.06. The summed E-state index contributed by atoms with van der Waals surface area (Å²) in [4.78, 5) is 39.7. The average Bonchev–Trinajstić information content (AvgIpc) is 2.74. The lowest BCUT2D eigenvalue weighted by Gasteiger charge is -2.36. The van der Waals surface area contributed by atoms with E-state index in [1.54, 1.807) is 32.5 Å². The smallest absolute Gasteiger partial charge is 0.493 e. The van der Waals surface area contributed by atoms with Crippen molar-refractivity contribution in [3.8, 4) is 11.5 Å². The molecule has 0 bridgehead atoms. The largest absolute Gasteiger partial charge is 0.500 e. The van der Waals surface area contributed by atoms with Crippen LogP contribution in [0.1, 0.15) is 12.8 Å². The number of nitrogens with zero attached hydrogens (tertiary/aromatic N) is 3. The van der Waals surface area contributed by atoms with Crippen molar-refractivity contribution >= 4 is 24.1 Å². The number of para-hydroxylation sites is 2. The van der Waals surface area contributed by atoms with Crippen LogP contribution in [0.3, 0.4) is 0 Å². The number of methoxy groups -OCH3 is 1. The summed E-state index contributed by atoms with van der Waals surface area (Å²) in [7, 11) is 4.69. The summed E-state index contributed by atoms with van der Waals surface area (Å²) in [6.45, 7) is 1.22. The first-order valence-electron chi connectivity index (χ1n) is 9.59. The maximum Gasteiger partial charge on any atom is 0.500 e. The zero-order valence-electron chi connectivity index (χ0n) is 17.0. The number of carbonyl (C=O) groups excluding carboxylic acids is 3. The lowest BCUT2D eigenvalue weighted by molar-refractivity contribution is -0.401. The maximum atomic E-state index is 12.4. The number of nitrogens with one attached hydrogen (secondary N) is 1. The van der Waals surface area contributed by atoms with Crippen LogP contribution in [0.2, 0.25) is 0 Å². The van der Waals surface area contributed by atoms with Crippen LogP contribution in [0.15, 0.2) is 24.3 Å². The number of piperidine rings is 1. The Labute approximate surface area is 169 Å². The Morgan fingerprint density at radius 3 is 2.52 bits per heavy atom. The molecule has 9 nitrogen and oxygen atoms in total. The SMILES string of the molecule is COc1ccccc1OCC(=O)NC1CCN(C2C=[N+](C)C(=O)N(C)C2=O)CC1. The second-order valence-corrected chi connectivity index (χ2v) is 7.20. The number of urea groups is 1. The van der Waals surface area contributed by atoms with Crippen LogP contribution in [0.25, 0.3) is 0 Å². The number of carbonyl (C=O) groups is 3. The minimum Gasteiger partial charge on any atom is -0.493 e. The average molecular weight is 403 g/mol. The third kappa shape index (κ3) is 4.73. The molecule has 0 aliphatic carbocycles. The quantitative estimate of drug-likeness (QED) is 0.689. The summed E-state index contributed by atoms with van der Waals surface area (Å²) in [5.41, 5.74) is 0. The van der Waals surface area contributed by atoms with E-state index >= 15 is 0 Å². The van der Waals surface area contributed by atoms with Crippen molar-refractivity contribution in [2.75, 3.05) is 40.9 Å². The van der Waals surface area contributed by atoms with E-state index in [9.17, 15) is 14.4 Å². The van der Waals surface area contributed by atoms with Crippen molar-refractivity contribution in [3.05, 3.63) is 24.3 Å². The van der Waals surface area contributed by atoms with E-state index < -0.39 is 6.04 Å². The van der Waals surface area contributed by atoms with Gasteiger partial charge in [0.2, 0.25) is 0 Å². The molecule has 0 saturated carbocycles. The molecule has 1 aromatic rings. The molecule has 1 unspecified atom stereocenters. The molecule has 2 heterocycles. The molecule has 0 radical (unpaired) electrons. The molecular formula is C20H27N4O5+. The van der Waals surface area contributed by atoms with E-state index in [2.05, 4.69) is 5.32 Å². The molecule has 4 amide bonds.